The zero-order valence-corrected chi connectivity index (χ0v) is 14.1. The van der Waals surface area contributed by atoms with E-state index in [4.69, 9.17) is 0 Å². The molecule has 1 aromatic heterocycles. The quantitative estimate of drug-likeness (QED) is 0.878. The van der Waals surface area contributed by atoms with Gasteiger partial charge in [0, 0.05) is 21.8 Å². The highest BCUT2D eigenvalue weighted by Crippen LogP contribution is 2.31. The van der Waals surface area contributed by atoms with Crippen molar-refractivity contribution in [2.45, 2.75) is 62.9 Å². The van der Waals surface area contributed by atoms with Crippen LogP contribution in [0.4, 0.5) is 0 Å². The third-order valence-corrected chi connectivity index (χ3v) is 6.85. The lowest BCUT2D eigenvalue weighted by Gasteiger charge is -2.34. The zero-order valence-electron chi connectivity index (χ0n) is 12.5. The van der Waals surface area contributed by atoms with Crippen LogP contribution in [0.3, 0.4) is 0 Å². The minimum atomic E-state index is -3.41. The summed E-state index contributed by atoms with van der Waals surface area (Å²) >= 11 is 1.55. The van der Waals surface area contributed by atoms with Gasteiger partial charge in [-0.2, -0.15) is 0 Å². The maximum absolute atomic E-state index is 12.6. The van der Waals surface area contributed by atoms with Gasteiger partial charge in [-0.1, -0.05) is 19.3 Å². The summed E-state index contributed by atoms with van der Waals surface area (Å²) in [6.45, 7) is 4.61. The lowest BCUT2D eigenvalue weighted by atomic mass is 9.84. The van der Waals surface area contributed by atoms with Crippen LogP contribution in [0.1, 0.15) is 48.8 Å². The Hall–Kier alpha value is -0.430. The van der Waals surface area contributed by atoms with Gasteiger partial charge in [0.15, 0.2) is 0 Å². The molecule has 0 bridgehead atoms. The van der Waals surface area contributed by atoms with Crippen molar-refractivity contribution in [2.75, 3.05) is 7.05 Å². The Bertz CT molecular complexity index is 558. The van der Waals surface area contributed by atoms with Gasteiger partial charge in [0.25, 0.3) is 0 Å². The summed E-state index contributed by atoms with van der Waals surface area (Å²) in [5.41, 5.74) is -0.283. The first-order valence-electron chi connectivity index (χ1n) is 7.14. The highest BCUT2D eigenvalue weighted by Gasteiger charge is 2.33. The smallest absolute Gasteiger partial charge is 0.242 e. The van der Waals surface area contributed by atoms with Crippen LogP contribution >= 0.6 is 11.3 Å². The van der Waals surface area contributed by atoms with Gasteiger partial charge in [-0.25, -0.2) is 13.1 Å². The molecular weight excluding hydrogens is 292 g/mol. The minimum Gasteiger partial charge on any atom is -0.315 e. The van der Waals surface area contributed by atoms with Crippen molar-refractivity contribution in [2.24, 2.45) is 0 Å². The first-order chi connectivity index (χ1) is 9.36. The van der Waals surface area contributed by atoms with Gasteiger partial charge >= 0.3 is 0 Å². The number of hydrogen-bond donors (Lipinski definition) is 2. The lowest BCUT2D eigenvalue weighted by Crippen LogP contribution is -2.47. The summed E-state index contributed by atoms with van der Waals surface area (Å²) in [5, 5.41) is 3.06. The van der Waals surface area contributed by atoms with E-state index in [0.29, 0.717) is 11.4 Å². The molecular formula is C14H24N2O2S2. The Morgan fingerprint density at radius 2 is 1.95 bits per heavy atom. The molecule has 1 aliphatic carbocycles. The molecule has 1 saturated carbocycles. The number of aryl methyl sites for hydroxylation is 1. The monoisotopic (exact) mass is 316 g/mol. The lowest BCUT2D eigenvalue weighted by molar-refractivity contribution is 0.294. The first-order valence-corrected chi connectivity index (χ1v) is 9.44. The summed E-state index contributed by atoms with van der Waals surface area (Å²) in [6.07, 6.45) is 5.28. The molecule has 1 fully saturated rings. The number of thiophene rings is 1. The van der Waals surface area contributed by atoms with Crippen molar-refractivity contribution < 1.29 is 8.42 Å². The molecule has 1 aromatic rings. The fraction of sp³-hybridized carbons (Fsp3) is 0.714. The highest BCUT2D eigenvalue weighted by molar-refractivity contribution is 7.89. The van der Waals surface area contributed by atoms with Gasteiger partial charge in [-0.3, -0.25) is 0 Å². The predicted molar refractivity (Wildman–Crippen MR) is 83.6 cm³/mol. The van der Waals surface area contributed by atoms with Crippen LogP contribution in [0.15, 0.2) is 11.0 Å². The van der Waals surface area contributed by atoms with Crippen molar-refractivity contribution in [1.29, 1.82) is 0 Å². The van der Waals surface area contributed by atoms with Crippen molar-refractivity contribution in [3.63, 3.8) is 0 Å². The Morgan fingerprint density at radius 1 is 1.30 bits per heavy atom. The molecule has 0 atom stereocenters. The van der Waals surface area contributed by atoms with Crippen LogP contribution in [0, 0.1) is 6.92 Å². The van der Waals surface area contributed by atoms with E-state index in [9.17, 15) is 8.42 Å². The van der Waals surface area contributed by atoms with E-state index in [1.54, 1.807) is 17.4 Å². The maximum Gasteiger partial charge on any atom is 0.242 e. The van der Waals surface area contributed by atoms with Crippen molar-refractivity contribution >= 4 is 21.4 Å². The highest BCUT2D eigenvalue weighted by atomic mass is 32.2. The molecule has 0 amide bonds. The number of hydrogen-bond acceptors (Lipinski definition) is 4. The summed E-state index contributed by atoms with van der Waals surface area (Å²) in [6, 6.07) is 1.80. The average Bonchev–Trinajstić information content (AvgIpc) is 2.71. The standard InChI is InChI=1S/C14H24N2O2S2/c1-11-13(9-12(19-11)10-15-3)20(17,18)16-14(2)7-5-4-6-8-14/h9,15-16H,4-8,10H2,1-3H3. The van der Waals surface area contributed by atoms with Crippen LogP contribution < -0.4 is 10.0 Å². The molecule has 20 heavy (non-hydrogen) atoms. The van der Waals surface area contributed by atoms with Crippen LogP contribution in [0.25, 0.3) is 0 Å². The summed E-state index contributed by atoms with van der Waals surface area (Å²) in [4.78, 5) is 2.36. The molecule has 0 aromatic carbocycles. The molecule has 0 spiro atoms. The van der Waals surface area contributed by atoms with E-state index in [-0.39, 0.29) is 5.54 Å². The van der Waals surface area contributed by atoms with Crippen molar-refractivity contribution in [1.82, 2.24) is 10.0 Å². The van der Waals surface area contributed by atoms with Gasteiger partial charge in [0.2, 0.25) is 10.0 Å². The average molecular weight is 316 g/mol. The Kier molecular flexibility index (Phi) is 4.89. The normalized spacial score (nSPS) is 19.1. The molecule has 1 aliphatic rings. The van der Waals surface area contributed by atoms with E-state index >= 15 is 0 Å². The fourth-order valence-electron chi connectivity index (χ4n) is 2.87. The number of nitrogens with one attached hydrogen (secondary N) is 2. The molecule has 0 radical (unpaired) electrons. The number of rotatable bonds is 5. The first kappa shape index (κ1) is 15.9. The fourth-order valence-corrected chi connectivity index (χ4v) is 5.98. The van der Waals surface area contributed by atoms with Crippen molar-refractivity contribution in [3.8, 4) is 0 Å². The van der Waals surface area contributed by atoms with Crippen LogP contribution in [-0.4, -0.2) is 21.0 Å². The largest absolute Gasteiger partial charge is 0.315 e. The molecule has 0 unspecified atom stereocenters. The van der Waals surface area contributed by atoms with Gasteiger partial charge in [-0.05, 0) is 39.8 Å². The second-order valence-electron chi connectivity index (χ2n) is 5.89. The summed E-state index contributed by atoms with van der Waals surface area (Å²) < 4.78 is 28.2. The molecule has 4 nitrogen and oxygen atoms in total. The maximum atomic E-state index is 12.6. The van der Waals surface area contributed by atoms with E-state index in [1.165, 1.54) is 6.42 Å². The molecule has 6 heteroatoms. The Morgan fingerprint density at radius 3 is 2.55 bits per heavy atom. The molecule has 2 N–H and O–H groups in total. The third kappa shape index (κ3) is 3.61. The van der Waals surface area contributed by atoms with Crippen molar-refractivity contribution in [3.05, 3.63) is 15.8 Å². The second-order valence-corrected chi connectivity index (χ2v) is 8.88. The van der Waals surface area contributed by atoms with E-state index in [2.05, 4.69) is 10.0 Å². The molecule has 2 rings (SSSR count). The van der Waals surface area contributed by atoms with Gasteiger partial charge < -0.3 is 5.32 Å². The van der Waals surface area contributed by atoms with Crippen LogP contribution in [0.5, 0.6) is 0 Å². The topological polar surface area (TPSA) is 58.2 Å². The molecule has 0 saturated heterocycles. The minimum absolute atomic E-state index is 0.283. The molecule has 1 heterocycles. The zero-order chi connectivity index (χ0) is 14.8. The van der Waals surface area contributed by atoms with E-state index in [1.807, 2.05) is 20.9 Å². The van der Waals surface area contributed by atoms with Gasteiger partial charge in [-0.15, -0.1) is 11.3 Å². The Balaban J connectivity index is 2.21. The van der Waals surface area contributed by atoms with E-state index < -0.39 is 10.0 Å². The van der Waals surface area contributed by atoms with Gasteiger partial charge in [0.1, 0.15) is 0 Å². The molecule has 0 aliphatic heterocycles. The van der Waals surface area contributed by atoms with Crippen LogP contribution in [0.2, 0.25) is 0 Å². The van der Waals surface area contributed by atoms with E-state index in [0.717, 1.165) is 35.4 Å². The Labute approximate surface area is 126 Å². The SMILES string of the molecule is CNCc1cc(S(=O)(=O)NC2(C)CCCCC2)c(C)s1. The van der Waals surface area contributed by atoms with Crippen LogP contribution in [-0.2, 0) is 16.6 Å². The summed E-state index contributed by atoms with van der Waals surface area (Å²) in [7, 11) is -1.55. The third-order valence-electron chi connectivity index (χ3n) is 3.90. The summed E-state index contributed by atoms with van der Waals surface area (Å²) in [5.74, 6) is 0. The number of sulfonamides is 1. The second kappa shape index (κ2) is 6.13. The van der Waals surface area contributed by atoms with Gasteiger partial charge in [0.05, 0.1) is 4.90 Å². The predicted octanol–water partition coefficient (Wildman–Crippen LogP) is 2.78. The molecule has 114 valence electrons.